The number of hydrogen-bond acceptors (Lipinski definition) is 6. The van der Waals surface area contributed by atoms with Crippen molar-refractivity contribution in [2.45, 2.75) is 18.9 Å². The molecule has 1 aromatic heterocycles. The number of allylic oxidation sites excluding steroid dienone is 1. The van der Waals surface area contributed by atoms with Gasteiger partial charge >= 0.3 is 5.97 Å². The summed E-state index contributed by atoms with van der Waals surface area (Å²) in [5.74, 6) is 0.139. The molecule has 7 heteroatoms. The molecule has 1 atom stereocenters. The lowest BCUT2D eigenvalue weighted by Crippen LogP contribution is -2.43. The van der Waals surface area contributed by atoms with Crippen molar-refractivity contribution in [2.24, 2.45) is 0 Å². The lowest BCUT2D eigenvalue weighted by atomic mass is 10.1. The predicted octanol–water partition coefficient (Wildman–Crippen LogP) is 2.84. The molecular formula is C20H22N2O4S. The van der Waals surface area contributed by atoms with E-state index >= 15 is 0 Å². The van der Waals surface area contributed by atoms with Gasteiger partial charge in [0.2, 0.25) is 0 Å². The van der Waals surface area contributed by atoms with E-state index in [-0.39, 0.29) is 5.75 Å². The van der Waals surface area contributed by atoms with Gasteiger partial charge in [-0.15, -0.1) is 6.58 Å². The minimum Gasteiger partial charge on any atom is -0.493 e. The smallest absolute Gasteiger partial charge is 0.334 e. The Bertz CT molecular complexity index is 796. The first-order valence-electron chi connectivity index (χ1n) is 8.40. The van der Waals surface area contributed by atoms with Gasteiger partial charge in [0.15, 0.2) is 11.5 Å². The minimum atomic E-state index is -0.840. The summed E-state index contributed by atoms with van der Waals surface area (Å²) in [7, 11) is 1.50. The van der Waals surface area contributed by atoms with Crippen LogP contribution in [-0.2, 0) is 11.2 Å². The molecule has 0 aliphatic heterocycles. The van der Waals surface area contributed by atoms with E-state index in [1.807, 2.05) is 6.07 Å². The Morgan fingerprint density at radius 2 is 2.15 bits per heavy atom. The molecule has 1 amide bonds. The first-order valence-corrected chi connectivity index (χ1v) is 9.03. The Labute approximate surface area is 164 Å². The maximum absolute atomic E-state index is 12.6. The van der Waals surface area contributed by atoms with Gasteiger partial charge in [0.1, 0.15) is 6.04 Å². The van der Waals surface area contributed by atoms with Crippen molar-refractivity contribution in [3.8, 4) is 11.5 Å². The summed E-state index contributed by atoms with van der Waals surface area (Å²) < 4.78 is 10.8. The second-order valence-corrected chi connectivity index (χ2v) is 6.13. The van der Waals surface area contributed by atoms with Gasteiger partial charge in [0.25, 0.3) is 5.91 Å². The molecule has 142 valence electrons. The van der Waals surface area contributed by atoms with Crippen molar-refractivity contribution in [3.63, 3.8) is 0 Å². The van der Waals surface area contributed by atoms with E-state index in [1.54, 1.807) is 36.5 Å². The third kappa shape index (κ3) is 5.86. The number of nitrogens with zero attached hydrogens (tertiary/aromatic N) is 1. The molecule has 0 fully saturated rings. The number of carbonyl (C=O) groups excluding carboxylic acids is 2. The Kier molecular flexibility index (Phi) is 7.88. The highest BCUT2D eigenvalue weighted by atomic mass is 32.1. The van der Waals surface area contributed by atoms with E-state index < -0.39 is 17.9 Å². The summed E-state index contributed by atoms with van der Waals surface area (Å²) >= 11 is 4.16. The molecule has 1 heterocycles. The molecule has 0 aliphatic carbocycles. The van der Waals surface area contributed by atoms with Crippen LogP contribution in [-0.4, -0.2) is 35.8 Å². The van der Waals surface area contributed by atoms with Gasteiger partial charge in [0, 0.05) is 12.4 Å². The number of ether oxygens (including phenoxy) is 2. The van der Waals surface area contributed by atoms with E-state index in [9.17, 15) is 9.59 Å². The Hall–Kier alpha value is -2.80. The number of carbonyl (C=O) groups is 2. The highest BCUT2D eigenvalue weighted by molar-refractivity contribution is 7.80. The largest absolute Gasteiger partial charge is 0.493 e. The zero-order valence-corrected chi connectivity index (χ0v) is 15.9. The molecule has 0 aliphatic rings. The number of aromatic nitrogens is 1. The van der Waals surface area contributed by atoms with E-state index in [0.717, 1.165) is 5.56 Å². The SMILES string of the molecule is C=CCc1ccc(OC(=O)C(CCS)NC(=O)c2cccnc2)c(OC)c1. The lowest BCUT2D eigenvalue weighted by molar-refractivity contribution is -0.136. The van der Waals surface area contributed by atoms with Crippen molar-refractivity contribution < 1.29 is 19.1 Å². The molecule has 0 spiro atoms. The second kappa shape index (κ2) is 10.4. The summed E-state index contributed by atoms with van der Waals surface area (Å²) in [6.07, 6.45) is 5.77. The topological polar surface area (TPSA) is 77.5 Å². The molecule has 1 N–H and O–H groups in total. The third-order valence-corrected chi connectivity index (χ3v) is 4.01. The molecule has 0 saturated carbocycles. The molecular weight excluding hydrogens is 364 g/mol. The van der Waals surface area contributed by atoms with Gasteiger partial charge in [-0.1, -0.05) is 12.1 Å². The fraction of sp³-hybridized carbons (Fsp3) is 0.250. The molecule has 6 nitrogen and oxygen atoms in total. The van der Waals surface area contributed by atoms with E-state index in [1.165, 1.54) is 13.3 Å². The number of nitrogens with one attached hydrogen (secondary N) is 1. The van der Waals surface area contributed by atoms with Gasteiger partial charge in [-0.3, -0.25) is 9.78 Å². The van der Waals surface area contributed by atoms with Crippen molar-refractivity contribution in [1.82, 2.24) is 10.3 Å². The predicted molar refractivity (Wildman–Crippen MR) is 106 cm³/mol. The molecule has 2 rings (SSSR count). The van der Waals surface area contributed by atoms with Gasteiger partial charge in [-0.25, -0.2) is 4.79 Å². The standard InChI is InChI=1S/C20H22N2O4S/c1-3-5-14-7-8-17(18(12-14)25-2)26-20(24)16(9-11-27)22-19(23)15-6-4-10-21-13-15/h3-4,6-8,10,12-13,16,27H,1,5,9,11H2,2H3,(H,22,23). The van der Waals surface area contributed by atoms with Crippen LogP contribution in [0.15, 0.2) is 55.4 Å². The number of pyridine rings is 1. The minimum absolute atomic E-state index is 0.287. The fourth-order valence-electron chi connectivity index (χ4n) is 2.39. The first-order chi connectivity index (χ1) is 13.1. The zero-order valence-electron chi connectivity index (χ0n) is 15.1. The first kappa shape index (κ1) is 20.5. The average molecular weight is 386 g/mol. The Balaban J connectivity index is 2.12. The molecule has 0 bridgehead atoms. The number of hydrogen-bond donors (Lipinski definition) is 2. The van der Waals surface area contributed by atoms with Crippen molar-refractivity contribution in [2.75, 3.05) is 12.9 Å². The Morgan fingerprint density at radius 3 is 2.78 bits per heavy atom. The van der Waals surface area contributed by atoms with Gasteiger partial charge < -0.3 is 14.8 Å². The number of rotatable bonds is 9. The number of thiol groups is 1. The van der Waals surface area contributed by atoms with Crippen LogP contribution >= 0.6 is 12.6 Å². The summed E-state index contributed by atoms with van der Waals surface area (Å²) in [4.78, 5) is 28.8. The number of amides is 1. The summed E-state index contributed by atoms with van der Waals surface area (Å²) in [5.41, 5.74) is 1.35. The van der Waals surface area contributed by atoms with Crippen molar-refractivity contribution in [1.29, 1.82) is 0 Å². The zero-order chi connectivity index (χ0) is 19.6. The highest BCUT2D eigenvalue weighted by Crippen LogP contribution is 2.29. The quantitative estimate of drug-likeness (QED) is 0.300. The van der Waals surface area contributed by atoms with Crippen LogP contribution in [0.1, 0.15) is 22.3 Å². The van der Waals surface area contributed by atoms with Gasteiger partial charge in [-0.2, -0.15) is 12.6 Å². The van der Waals surface area contributed by atoms with Crippen LogP contribution < -0.4 is 14.8 Å². The average Bonchev–Trinajstić information content (AvgIpc) is 2.69. The fourth-order valence-corrected chi connectivity index (χ4v) is 2.64. The van der Waals surface area contributed by atoms with Crippen LogP contribution in [0.2, 0.25) is 0 Å². The van der Waals surface area contributed by atoms with E-state index in [0.29, 0.717) is 29.9 Å². The maximum atomic E-state index is 12.6. The third-order valence-electron chi connectivity index (χ3n) is 3.75. The Morgan fingerprint density at radius 1 is 1.33 bits per heavy atom. The van der Waals surface area contributed by atoms with Crippen molar-refractivity contribution in [3.05, 3.63) is 66.5 Å². The number of benzene rings is 1. The lowest BCUT2D eigenvalue weighted by Gasteiger charge is -2.18. The van der Waals surface area contributed by atoms with E-state index in [2.05, 4.69) is 29.5 Å². The van der Waals surface area contributed by atoms with Crippen LogP contribution in [0, 0.1) is 0 Å². The molecule has 2 aromatic rings. The molecule has 0 saturated heterocycles. The normalized spacial score (nSPS) is 11.3. The highest BCUT2D eigenvalue weighted by Gasteiger charge is 2.24. The van der Waals surface area contributed by atoms with Crippen LogP contribution in [0.3, 0.4) is 0 Å². The summed E-state index contributed by atoms with van der Waals surface area (Å²) in [6, 6.07) is 7.70. The molecule has 0 radical (unpaired) electrons. The maximum Gasteiger partial charge on any atom is 0.334 e. The second-order valence-electron chi connectivity index (χ2n) is 5.68. The molecule has 27 heavy (non-hydrogen) atoms. The molecule has 1 unspecified atom stereocenters. The van der Waals surface area contributed by atoms with E-state index in [4.69, 9.17) is 9.47 Å². The van der Waals surface area contributed by atoms with Crippen molar-refractivity contribution >= 4 is 24.5 Å². The van der Waals surface area contributed by atoms with Gasteiger partial charge in [0.05, 0.1) is 12.7 Å². The van der Waals surface area contributed by atoms with Crippen LogP contribution in [0.5, 0.6) is 11.5 Å². The monoisotopic (exact) mass is 386 g/mol. The summed E-state index contributed by atoms with van der Waals surface area (Å²) in [6.45, 7) is 3.70. The van der Waals surface area contributed by atoms with Gasteiger partial charge in [-0.05, 0) is 48.4 Å². The summed E-state index contributed by atoms with van der Waals surface area (Å²) in [5, 5.41) is 2.67. The van der Waals surface area contributed by atoms with Crippen LogP contribution in [0.4, 0.5) is 0 Å². The van der Waals surface area contributed by atoms with Crippen LogP contribution in [0.25, 0.3) is 0 Å². The molecule has 1 aromatic carbocycles. The number of esters is 1. The number of methoxy groups -OCH3 is 1.